The lowest BCUT2D eigenvalue weighted by Gasteiger charge is -2.29. The third-order valence-corrected chi connectivity index (χ3v) is 5.94. The van der Waals surface area contributed by atoms with E-state index < -0.39 is 0 Å². The van der Waals surface area contributed by atoms with Gasteiger partial charge in [0.15, 0.2) is 0 Å². The van der Waals surface area contributed by atoms with Crippen molar-refractivity contribution in [1.29, 1.82) is 0 Å². The molecule has 1 aromatic heterocycles. The van der Waals surface area contributed by atoms with Crippen LogP contribution < -0.4 is 16.0 Å². The highest BCUT2D eigenvalue weighted by atomic mass is 32.1. The normalized spacial score (nSPS) is 15.5. The Kier molecular flexibility index (Phi) is 4.66. The van der Waals surface area contributed by atoms with E-state index in [-0.39, 0.29) is 11.9 Å². The van der Waals surface area contributed by atoms with Crippen molar-refractivity contribution < 1.29 is 4.79 Å². The van der Waals surface area contributed by atoms with Crippen molar-refractivity contribution >= 4 is 33.0 Å². The highest BCUT2D eigenvalue weighted by molar-refractivity contribution is 7.17. The van der Waals surface area contributed by atoms with E-state index in [0.717, 1.165) is 29.9 Å². The number of hydrogen-bond donors (Lipinski definition) is 3. The average molecular weight is 366 g/mol. The molecule has 4 nitrogen and oxygen atoms in total. The maximum atomic E-state index is 12.9. The zero-order valence-corrected chi connectivity index (χ0v) is 15.8. The van der Waals surface area contributed by atoms with Crippen LogP contribution in [0.1, 0.15) is 34.5 Å². The molecule has 0 spiro atoms. The number of carbonyl (C=O) groups is 1. The second-order valence-electron chi connectivity index (χ2n) is 6.91. The van der Waals surface area contributed by atoms with Crippen LogP contribution in [0.15, 0.2) is 47.8 Å². The van der Waals surface area contributed by atoms with Crippen LogP contribution in [0, 0.1) is 6.92 Å². The molecule has 2 aromatic carbocycles. The second-order valence-corrected chi connectivity index (χ2v) is 7.82. The van der Waals surface area contributed by atoms with Crippen molar-refractivity contribution in [2.45, 2.75) is 25.9 Å². The van der Waals surface area contributed by atoms with Gasteiger partial charge >= 0.3 is 0 Å². The number of amides is 1. The van der Waals surface area contributed by atoms with Gasteiger partial charge in [-0.3, -0.25) is 4.79 Å². The number of fused-ring (bicyclic) bond motifs is 1. The van der Waals surface area contributed by atoms with Crippen molar-refractivity contribution in [3.05, 3.63) is 64.5 Å². The smallest absolute Gasteiger partial charge is 0.252 e. The number of aryl methyl sites for hydroxylation is 1. The van der Waals surface area contributed by atoms with Gasteiger partial charge in [-0.25, -0.2) is 0 Å². The number of hydrogen-bond acceptors (Lipinski definition) is 4. The molecule has 1 aliphatic heterocycles. The Morgan fingerprint density at radius 1 is 1.23 bits per heavy atom. The lowest BCUT2D eigenvalue weighted by atomic mass is 10.0. The second kappa shape index (κ2) is 7.09. The Hall–Kier alpha value is -2.37. The van der Waals surface area contributed by atoms with Gasteiger partial charge in [-0.2, -0.15) is 0 Å². The van der Waals surface area contributed by atoms with Gasteiger partial charge in [-0.1, -0.05) is 24.3 Å². The highest BCUT2D eigenvalue weighted by Gasteiger charge is 2.19. The molecule has 0 saturated carbocycles. The fraction of sp³-hybridized carbons (Fsp3) is 0.286. The maximum Gasteiger partial charge on any atom is 0.252 e. The van der Waals surface area contributed by atoms with Crippen LogP contribution in [-0.4, -0.2) is 25.0 Å². The largest absolute Gasteiger partial charge is 0.380 e. The Morgan fingerprint density at radius 2 is 2.04 bits per heavy atom. The third-order valence-electron chi connectivity index (χ3n) is 4.96. The molecule has 0 bridgehead atoms. The lowest BCUT2D eigenvalue weighted by Crippen LogP contribution is -2.51. The molecule has 5 heteroatoms. The van der Waals surface area contributed by atoms with E-state index in [1.807, 2.05) is 44.2 Å². The van der Waals surface area contributed by atoms with E-state index in [9.17, 15) is 4.79 Å². The monoisotopic (exact) mass is 365 g/mol. The number of thiophene rings is 1. The SMILES string of the molecule is Cc1ccc(NC2CNC2)cc1C(=O)NC(C)c1csc2ccccc12. The molecule has 1 unspecified atom stereocenters. The minimum Gasteiger partial charge on any atom is -0.380 e. The molecule has 2 heterocycles. The Labute approximate surface area is 157 Å². The predicted octanol–water partition coefficient (Wildman–Crippen LogP) is 4.08. The van der Waals surface area contributed by atoms with Crippen molar-refractivity contribution in [2.75, 3.05) is 18.4 Å². The van der Waals surface area contributed by atoms with Gasteiger partial charge in [0.1, 0.15) is 0 Å². The molecule has 1 saturated heterocycles. The molecule has 1 amide bonds. The summed E-state index contributed by atoms with van der Waals surface area (Å²) in [5.74, 6) is -0.0272. The summed E-state index contributed by atoms with van der Waals surface area (Å²) in [7, 11) is 0. The number of anilines is 1. The first kappa shape index (κ1) is 17.1. The molecule has 0 aliphatic carbocycles. The molecule has 1 fully saturated rings. The first-order chi connectivity index (χ1) is 12.6. The van der Waals surface area contributed by atoms with Crippen LogP contribution in [-0.2, 0) is 0 Å². The van der Waals surface area contributed by atoms with E-state index in [1.54, 1.807) is 11.3 Å². The van der Waals surface area contributed by atoms with Crippen LogP contribution >= 0.6 is 11.3 Å². The average Bonchev–Trinajstić information content (AvgIpc) is 3.03. The van der Waals surface area contributed by atoms with Crippen LogP contribution in [0.2, 0.25) is 0 Å². The van der Waals surface area contributed by atoms with Gasteiger partial charge < -0.3 is 16.0 Å². The third kappa shape index (κ3) is 3.32. The van der Waals surface area contributed by atoms with Gasteiger partial charge in [-0.15, -0.1) is 11.3 Å². The summed E-state index contributed by atoms with van der Waals surface area (Å²) in [5.41, 5.74) is 3.89. The van der Waals surface area contributed by atoms with Crippen molar-refractivity contribution in [1.82, 2.24) is 10.6 Å². The Bertz CT molecular complexity index is 945. The van der Waals surface area contributed by atoms with Gasteiger partial charge in [0.25, 0.3) is 5.91 Å². The Balaban J connectivity index is 1.52. The molecule has 26 heavy (non-hydrogen) atoms. The van der Waals surface area contributed by atoms with Gasteiger partial charge in [0, 0.05) is 29.0 Å². The minimum atomic E-state index is -0.0366. The zero-order valence-electron chi connectivity index (χ0n) is 15.0. The number of nitrogens with one attached hydrogen (secondary N) is 3. The fourth-order valence-corrected chi connectivity index (χ4v) is 4.32. The van der Waals surface area contributed by atoms with Crippen molar-refractivity contribution in [2.24, 2.45) is 0 Å². The summed E-state index contributed by atoms with van der Waals surface area (Å²) >= 11 is 1.72. The van der Waals surface area contributed by atoms with Gasteiger partial charge in [-0.05, 0) is 53.9 Å². The first-order valence-corrected chi connectivity index (χ1v) is 9.84. The van der Waals surface area contributed by atoms with E-state index >= 15 is 0 Å². The standard InChI is InChI=1S/C21H23N3OS/c1-13-7-8-15(24-16-10-22-11-16)9-18(13)21(25)23-14(2)19-12-26-20-6-4-3-5-17(19)20/h3-9,12,14,16,22,24H,10-11H2,1-2H3,(H,23,25). The van der Waals surface area contributed by atoms with E-state index in [2.05, 4.69) is 33.5 Å². The molecular formula is C21H23N3OS. The maximum absolute atomic E-state index is 12.9. The minimum absolute atomic E-state index is 0.0272. The van der Waals surface area contributed by atoms with Gasteiger partial charge in [0.05, 0.1) is 12.1 Å². The summed E-state index contributed by atoms with van der Waals surface area (Å²) in [6.45, 7) is 5.97. The van der Waals surface area contributed by atoms with Crippen molar-refractivity contribution in [3.8, 4) is 0 Å². The van der Waals surface area contributed by atoms with Gasteiger partial charge in [0.2, 0.25) is 0 Å². The summed E-state index contributed by atoms with van der Waals surface area (Å²) < 4.78 is 1.25. The van der Waals surface area contributed by atoms with Crippen LogP contribution in [0.25, 0.3) is 10.1 Å². The summed E-state index contributed by atoms with van der Waals surface area (Å²) in [6, 6.07) is 14.7. The molecule has 134 valence electrons. The zero-order chi connectivity index (χ0) is 18.1. The predicted molar refractivity (Wildman–Crippen MR) is 109 cm³/mol. The summed E-state index contributed by atoms with van der Waals surface area (Å²) in [4.78, 5) is 12.9. The van der Waals surface area contributed by atoms with Crippen molar-refractivity contribution in [3.63, 3.8) is 0 Å². The quantitative estimate of drug-likeness (QED) is 0.638. The Morgan fingerprint density at radius 3 is 2.81 bits per heavy atom. The summed E-state index contributed by atoms with van der Waals surface area (Å²) in [6.07, 6.45) is 0. The molecule has 1 atom stereocenters. The number of carbonyl (C=O) groups excluding carboxylic acids is 1. The van der Waals surface area contributed by atoms with E-state index in [4.69, 9.17) is 0 Å². The van der Waals surface area contributed by atoms with Crippen LogP contribution in [0.4, 0.5) is 5.69 Å². The first-order valence-electron chi connectivity index (χ1n) is 8.96. The summed E-state index contributed by atoms with van der Waals surface area (Å²) in [5, 5.41) is 13.2. The lowest BCUT2D eigenvalue weighted by molar-refractivity contribution is 0.0939. The molecular weight excluding hydrogens is 342 g/mol. The topological polar surface area (TPSA) is 53.2 Å². The number of benzene rings is 2. The molecule has 1 aliphatic rings. The van der Waals surface area contributed by atoms with E-state index in [1.165, 1.54) is 15.6 Å². The molecule has 3 aromatic rings. The fourth-order valence-electron chi connectivity index (χ4n) is 3.27. The highest BCUT2D eigenvalue weighted by Crippen LogP contribution is 2.30. The van der Waals surface area contributed by atoms with Crippen LogP contribution in [0.5, 0.6) is 0 Å². The van der Waals surface area contributed by atoms with Crippen LogP contribution in [0.3, 0.4) is 0 Å². The van der Waals surface area contributed by atoms with E-state index in [0.29, 0.717) is 6.04 Å². The molecule has 4 rings (SSSR count). The molecule has 0 radical (unpaired) electrons. The molecule has 3 N–H and O–H groups in total. The number of rotatable bonds is 5.